The van der Waals surface area contributed by atoms with Gasteiger partial charge in [0.2, 0.25) is 0 Å². The molecule has 8 heteroatoms. The summed E-state index contributed by atoms with van der Waals surface area (Å²) < 4.78 is 16.9. The van der Waals surface area contributed by atoms with Crippen molar-refractivity contribution in [2.45, 2.75) is 6.92 Å². The van der Waals surface area contributed by atoms with Crippen LogP contribution >= 0.6 is 0 Å². The highest BCUT2D eigenvalue weighted by molar-refractivity contribution is 5.97. The lowest BCUT2D eigenvalue weighted by atomic mass is 10.1. The van der Waals surface area contributed by atoms with Gasteiger partial charge in [0.1, 0.15) is 17.2 Å². The Morgan fingerprint density at radius 1 is 1.11 bits per heavy atom. The van der Waals surface area contributed by atoms with E-state index in [-0.39, 0.29) is 24.6 Å². The van der Waals surface area contributed by atoms with Gasteiger partial charge in [0.15, 0.2) is 0 Å². The number of benzene rings is 1. The van der Waals surface area contributed by atoms with E-state index in [1.807, 2.05) is 24.5 Å². The van der Waals surface area contributed by atoms with Crippen molar-refractivity contribution in [3.63, 3.8) is 0 Å². The number of halogens is 1. The Morgan fingerprint density at radius 2 is 1.78 bits per heavy atom. The van der Waals surface area contributed by atoms with Crippen LogP contribution in [0.3, 0.4) is 0 Å². The SMILES string of the molecule is Cc1ccc(C(=O)NCCNC(=O)c2cnn(C)c2-n2cccc2)cc1F. The Hall–Kier alpha value is -3.42. The zero-order chi connectivity index (χ0) is 19.4. The van der Waals surface area contributed by atoms with E-state index >= 15 is 0 Å². The number of aryl methyl sites for hydroxylation is 2. The van der Waals surface area contributed by atoms with Gasteiger partial charge < -0.3 is 15.2 Å². The molecule has 0 unspecified atom stereocenters. The summed E-state index contributed by atoms with van der Waals surface area (Å²) >= 11 is 0. The summed E-state index contributed by atoms with van der Waals surface area (Å²) in [5, 5.41) is 9.54. The summed E-state index contributed by atoms with van der Waals surface area (Å²) in [5.41, 5.74) is 1.15. The minimum Gasteiger partial charge on any atom is -0.350 e. The van der Waals surface area contributed by atoms with Crippen LogP contribution in [0.4, 0.5) is 4.39 Å². The third-order valence-corrected chi connectivity index (χ3v) is 4.13. The van der Waals surface area contributed by atoms with E-state index < -0.39 is 11.7 Å². The molecule has 0 bridgehead atoms. The highest BCUT2D eigenvalue weighted by Crippen LogP contribution is 2.13. The largest absolute Gasteiger partial charge is 0.350 e. The van der Waals surface area contributed by atoms with Crippen LogP contribution in [0.1, 0.15) is 26.3 Å². The smallest absolute Gasteiger partial charge is 0.256 e. The van der Waals surface area contributed by atoms with Crippen LogP contribution in [0.2, 0.25) is 0 Å². The molecule has 3 rings (SSSR count). The first-order valence-corrected chi connectivity index (χ1v) is 8.45. The Bertz CT molecular complexity index is 963. The molecule has 0 saturated carbocycles. The van der Waals surface area contributed by atoms with Crippen molar-refractivity contribution in [2.24, 2.45) is 7.05 Å². The van der Waals surface area contributed by atoms with Gasteiger partial charge in [-0.2, -0.15) is 5.10 Å². The van der Waals surface area contributed by atoms with Gasteiger partial charge in [0.05, 0.1) is 6.20 Å². The minimum atomic E-state index is -0.426. The number of carbonyl (C=O) groups excluding carboxylic acids is 2. The molecule has 0 aliphatic heterocycles. The maximum absolute atomic E-state index is 13.5. The van der Waals surface area contributed by atoms with Crippen molar-refractivity contribution in [1.82, 2.24) is 25.0 Å². The van der Waals surface area contributed by atoms with Gasteiger partial charge in [0, 0.05) is 38.1 Å². The molecule has 7 nitrogen and oxygen atoms in total. The zero-order valence-electron chi connectivity index (χ0n) is 15.1. The second kappa shape index (κ2) is 7.86. The predicted octanol–water partition coefficient (Wildman–Crippen LogP) is 1.82. The van der Waals surface area contributed by atoms with E-state index in [2.05, 4.69) is 15.7 Å². The fourth-order valence-electron chi connectivity index (χ4n) is 2.66. The number of hydrogen-bond donors (Lipinski definition) is 2. The molecule has 27 heavy (non-hydrogen) atoms. The van der Waals surface area contributed by atoms with Crippen LogP contribution in [0.25, 0.3) is 5.82 Å². The zero-order valence-corrected chi connectivity index (χ0v) is 15.1. The quantitative estimate of drug-likeness (QED) is 0.651. The fraction of sp³-hybridized carbons (Fsp3) is 0.211. The Labute approximate surface area is 155 Å². The molecule has 2 amide bonds. The highest BCUT2D eigenvalue weighted by atomic mass is 19.1. The Morgan fingerprint density at radius 3 is 2.44 bits per heavy atom. The van der Waals surface area contributed by atoms with Gasteiger partial charge in [-0.05, 0) is 36.8 Å². The summed E-state index contributed by atoms with van der Waals surface area (Å²) in [5.74, 6) is -0.457. The molecule has 0 spiro atoms. The van der Waals surface area contributed by atoms with E-state index in [9.17, 15) is 14.0 Å². The number of nitrogens with zero attached hydrogens (tertiary/aromatic N) is 3. The number of hydrogen-bond acceptors (Lipinski definition) is 3. The molecule has 2 aromatic heterocycles. The topological polar surface area (TPSA) is 81.0 Å². The molecule has 1 aromatic carbocycles. The van der Waals surface area contributed by atoms with Crippen LogP contribution in [0.5, 0.6) is 0 Å². The molecule has 140 valence electrons. The number of amides is 2. The maximum Gasteiger partial charge on any atom is 0.256 e. The Kier molecular flexibility index (Phi) is 5.35. The summed E-state index contributed by atoms with van der Waals surface area (Å²) in [6.07, 6.45) is 5.15. The molecule has 0 aliphatic carbocycles. The van der Waals surface area contributed by atoms with Gasteiger partial charge in [-0.1, -0.05) is 6.07 Å². The van der Waals surface area contributed by atoms with E-state index in [4.69, 9.17) is 0 Å². The van der Waals surface area contributed by atoms with E-state index in [1.54, 1.807) is 35.4 Å². The monoisotopic (exact) mass is 369 g/mol. The van der Waals surface area contributed by atoms with Crippen LogP contribution in [-0.2, 0) is 7.05 Å². The summed E-state index contributed by atoms with van der Waals surface area (Å²) in [4.78, 5) is 24.5. The lowest BCUT2D eigenvalue weighted by Gasteiger charge is -2.09. The molecule has 0 fully saturated rings. The number of nitrogens with one attached hydrogen (secondary N) is 2. The summed E-state index contributed by atoms with van der Waals surface area (Å²) in [7, 11) is 1.76. The second-order valence-corrected chi connectivity index (χ2v) is 6.07. The first kappa shape index (κ1) is 18.4. The molecular formula is C19H20FN5O2. The molecule has 0 saturated heterocycles. The molecular weight excluding hydrogens is 349 g/mol. The fourth-order valence-corrected chi connectivity index (χ4v) is 2.66. The first-order chi connectivity index (χ1) is 13.0. The third-order valence-electron chi connectivity index (χ3n) is 4.13. The van der Waals surface area contributed by atoms with Crippen LogP contribution < -0.4 is 10.6 Å². The molecule has 2 heterocycles. The molecule has 0 radical (unpaired) electrons. The van der Waals surface area contributed by atoms with Crippen LogP contribution in [0, 0.1) is 12.7 Å². The van der Waals surface area contributed by atoms with E-state index in [0.717, 1.165) is 0 Å². The van der Waals surface area contributed by atoms with Crippen molar-refractivity contribution in [1.29, 1.82) is 0 Å². The molecule has 0 atom stereocenters. The van der Waals surface area contributed by atoms with Gasteiger partial charge >= 0.3 is 0 Å². The lowest BCUT2D eigenvalue weighted by molar-refractivity contribution is 0.0927. The van der Waals surface area contributed by atoms with Crippen LogP contribution in [-0.4, -0.2) is 39.3 Å². The normalized spacial score (nSPS) is 10.6. The summed E-state index contributed by atoms with van der Waals surface area (Å²) in [6, 6.07) is 8.03. The third kappa shape index (κ3) is 4.05. The van der Waals surface area contributed by atoms with E-state index in [0.29, 0.717) is 16.9 Å². The van der Waals surface area contributed by atoms with Gasteiger partial charge in [0.25, 0.3) is 11.8 Å². The number of rotatable bonds is 6. The average molecular weight is 369 g/mol. The predicted molar refractivity (Wildman–Crippen MR) is 98.3 cm³/mol. The van der Waals surface area contributed by atoms with Gasteiger partial charge in [-0.25, -0.2) is 4.39 Å². The van der Waals surface area contributed by atoms with Crippen molar-refractivity contribution < 1.29 is 14.0 Å². The van der Waals surface area contributed by atoms with Crippen molar-refractivity contribution in [2.75, 3.05) is 13.1 Å². The molecule has 0 aliphatic rings. The van der Waals surface area contributed by atoms with E-state index in [1.165, 1.54) is 12.3 Å². The number of aromatic nitrogens is 3. The van der Waals surface area contributed by atoms with Crippen molar-refractivity contribution in [3.05, 3.63) is 71.4 Å². The second-order valence-electron chi connectivity index (χ2n) is 6.07. The standard InChI is InChI=1S/C19H20FN5O2/c1-13-5-6-14(11-16(13)20)17(26)21-7-8-22-18(27)15-12-23-24(2)19(15)25-9-3-4-10-25/h3-6,9-12H,7-8H2,1-2H3,(H,21,26)(H,22,27). The van der Waals surface area contributed by atoms with Gasteiger partial charge in [-0.15, -0.1) is 0 Å². The van der Waals surface area contributed by atoms with Crippen LogP contribution in [0.15, 0.2) is 48.9 Å². The number of carbonyl (C=O) groups is 2. The maximum atomic E-state index is 13.5. The first-order valence-electron chi connectivity index (χ1n) is 8.45. The average Bonchev–Trinajstić information content (AvgIpc) is 3.29. The molecule has 2 N–H and O–H groups in total. The van der Waals surface area contributed by atoms with Gasteiger partial charge in [-0.3, -0.25) is 14.3 Å². The minimum absolute atomic E-state index is 0.221. The van der Waals surface area contributed by atoms with Crippen molar-refractivity contribution in [3.8, 4) is 5.82 Å². The highest BCUT2D eigenvalue weighted by Gasteiger charge is 2.17. The summed E-state index contributed by atoms with van der Waals surface area (Å²) in [6.45, 7) is 2.09. The molecule has 3 aromatic rings. The van der Waals surface area contributed by atoms with Crippen molar-refractivity contribution >= 4 is 11.8 Å². The lowest BCUT2D eigenvalue weighted by Crippen LogP contribution is -2.35. The Balaban J connectivity index is 1.55.